The maximum Gasteiger partial charge on any atom is 0.322 e. The zero-order valence-corrected chi connectivity index (χ0v) is 11.7. The molecule has 0 fully saturated rings. The number of ether oxygens (including phenoxy) is 1. The lowest BCUT2D eigenvalue weighted by Gasteiger charge is -2.07. The molecular weight excluding hydrogens is 286 g/mol. The van der Waals surface area contributed by atoms with Gasteiger partial charge >= 0.3 is 6.01 Å². The van der Waals surface area contributed by atoms with Gasteiger partial charge in [-0.1, -0.05) is 0 Å². The van der Waals surface area contributed by atoms with Crippen LogP contribution in [0.2, 0.25) is 0 Å². The van der Waals surface area contributed by atoms with Crippen molar-refractivity contribution in [1.29, 1.82) is 0 Å². The molecule has 8 heteroatoms. The Morgan fingerprint density at radius 2 is 2.05 bits per heavy atom. The molecule has 0 atom stereocenters. The summed E-state index contributed by atoms with van der Waals surface area (Å²) < 4.78 is 31.9. The molecule has 0 saturated carbocycles. The van der Waals surface area contributed by atoms with Gasteiger partial charge in [-0.15, -0.1) is 0 Å². The van der Waals surface area contributed by atoms with Crippen molar-refractivity contribution in [2.24, 2.45) is 0 Å². The van der Waals surface area contributed by atoms with Crippen LogP contribution in [0.4, 0.5) is 14.7 Å². The first kappa shape index (κ1) is 14.4. The molecule has 1 heterocycles. The van der Waals surface area contributed by atoms with E-state index in [-0.39, 0.29) is 16.1 Å². The Kier molecular flexibility index (Phi) is 4.67. The number of anilines is 1. The fraction of sp³-hybridized carbons (Fsp3) is 0.250. The highest BCUT2D eigenvalue weighted by Crippen LogP contribution is 2.29. The van der Waals surface area contributed by atoms with Gasteiger partial charge in [0.1, 0.15) is 11.6 Å². The van der Waals surface area contributed by atoms with E-state index in [2.05, 4.69) is 20.3 Å². The Morgan fingerprint density at radius 1 is 1.25 bits per heavy atom. The maximum atomic E-state index is 13.6. The molecular formula is C12H12F2N4OS. The van der Waals surface area contributed by atoms with Gasteiger partial charge in [-0.25, -0.2) is 8.78 Å². The van der Waals surface area contributed by atoms with E-state index in [9.17, 15) is 8.78 Å². The summed E-state index contributed by atoms with van der Waals surface area (Å²) in [6, 6.07) is 3.33. The predicted molar refractivity (Wildman–Crippen MR) is 71.0 cm³/mol. The molecule has 0 bridgehead atoms. The molecule has 106 valence electrons. The summed E-state index contributed by atoms with van der Waals surface area (Å²) in [5.41, 5.74) is 0. The molecule has 1 aromatic carbocycles. The van der Waals surface area contributed by atoms with Gasteiger partial charge in [0.05, 0.1) is 11.5 Å². The Bertz CT molecular complexity index is 612. The monoisotopic (exact) mass is 298 g/mol. The fourth-order valence-corrected chi connectivity index (χ4v) is 2.13. The van der Waals surface area contributed by atoms with Crippen LogP contribution in [0.1, 0.15) is 6.92 Å². The normalized spacial score (nSPS) is 10.4. The lowest BCUT2D eigenvalue weighted by Crippen LogP contribution is -2.04. The van der Waals surface area contributed by atoms with E-state index in [4.69, 9.17) is 4.74 Å². The Labute approximate surface area is 118 Å². The molecule has 2 rings (SSSR count). The van der Waals surface area contributed by atoms with Crippen LogP contribution in [0.15, 0.2) is 28.3 Å². The minimum Gasteiger partial charge on any atom is -0.464 e. The molecule has 0 aliphatic heterocycles. The molecule has 1 aromatic heterocycles. The van der Waals surface area contributed by atoms with E-state index in [1.54, 1.807) is 14.0 Å². The molecule has 0 radical (unpaired) electrons. The minimum atomic E-state index is -0.541. The number of nitrogens with zero attached hydrogens (tertiary/aromatic N) is 3. The van der Waals surface area contributed by atoms with E-state index < -0.39 is 11.6 Å². The van der Waals surface area contributed by atoms with Crippen molar-refractivity contribution in [3.63, 3.8) is 0 Å². The third kappa shape index (κ3) is 3.53. The summed E-state index contributed by atoms with van der Waals surface area (Å²) in [7, 11) is 1.64. The van der Waals surface area contributed by atoms with Gasteiger partial charge in [0.2, 0.25) is 11.1 Å². The second kappa shape index (κ2) is 6.47. The van der Waals surface area contributed by atoms with Gasteiger partial charge in [-0.2, -0.15) is 15.0 Å². The number of hydrogen-bond donors (Lipinski definition) is 1. The lowest BCUT2D eigenvalue weighted by atomic mass is 10.3. The predicted octanol–water partition coefficient (Wildman–Crippen LogP) is 2.74. The van der Waals surface area contributed by atoms with Crippen LogP contribution in [-0.4, -0.2) is 28.6 Å². The summed E-state index contributed by atoms with van der Waals surface area (Å²) in [6.07, 6.45) is 0. The van der Waals surface area contributed by atoms with Crippen LogP contribution in [-0.2, 0) is 0 Å². The van der Waals surface area contributed by atoms with E-state index in [1.807, 2.05) is 0 Å². The third-order valence-corrected chi connectivity index (χ3v) is 3.08. The standard InChI is InChI=1S/C12H12F2N4OS/c1-3-19-11-16-10(15-2)17-12(18-11)20-9-6-7(13)4-5-8(9)14/h4-6H,3H2,1-2H3,(H,15,16,17,18). The molecule has 0 unspecified atom stereocenters. The fourth-order valence-electron chi connectivity index (χ4n) is 1.34. The summed E-state index contributed by atoms with van der Waals surface area (Å²) in [5.74, 6) is -0.773. The largest absolute Gasteiger partial charge is 0.464 e. The molecule has 0 amide bonds. The first-order valence-electron chi connectivity index (χ1n) is 5.82. The summed E-state index contributed by atoms with van der Waals surface area (Å²) in [6.45, 7) is 2.19. The van der Waals surface area contributed by atoms with Crippen molar-refractivity contribution < 1.29 is 13.5 Å². The average molecular weight is 298 g/mol. The quantitative estimate of drug-likeness (QED) is 0.916. The van der Waals surface area contributed by atoms with E-state index in [0.717, 1.165) is 30.0 Å². The minimum absolute atomic E-state index is 0.0979. The van der Waals surface area contributed by atoms with Gasteiger partial charge in [0.15, 0.2) is 0 Å². The van der Waals surface area contributed by atoms with Crippen molar-refractivity contribution in [2.75, 3.05) is 19.0 Å². The number of hydrogen-bond acceptors (Lipinski definition) is 6. The molecule has 2 aromatic rings. The first-order chi connectivity index (χ1) is 9.62. The lowest BCUT2D eigenvalue weighted by molar-refractivity contribution is 0.308. The smallest absolute Gasteiger partial charge is 0.322 e. The third-order valence-electron chi connectivity index (χ3n) is 2.19. The second-order valence-electron chi connectivity index (χ2n) is 3.58. The average Bonchev–Trinajstić information content (AvgIpc) is 2.43. The van der Waals surface area contributed by atoms with Crippen molar-refractivity contribution in [1.82, 2.24) is 15.0 Å². The zero-order valence-electron chi connectivity index (χ0n) is 10.9. The second-order valence-corrected chi connectivity index (χ2v) is 4.59. The summed E-state index contributed by atoms with van der Waals surface area (Å²) >= 11 is 0.901. The molecule has 0 saturated heterocycles. The highest BCUT2D eigenvalue weighted by molar-refractivity contribution is 7.99. The van der Waals surface area contributed by atoms with E-state index in [1.165, 1.54) is 0 Å². The number of rotatable bonds is 5. The number of benzene rings is 1. The highest BCUT2D eigenvalue weighted by atomic mass is 32.2. The number of aromatic nitrogens is 3. The first-order valence-corrected chi connectivity index (χ1v) is 6.63. The molecule has 0 aliphatic rings. The summed E-state index contributed by atoms with van der Waals surface area (Å²) in [4.78, 5) is 12.2. The van der Waals surface area contributed by atoms with Crippen LogP contribution in [0.5, 0.6) is 6.01 Å². The zero-order chi connectivity index (χ0) is 14.5. The van der Waals surface area contributed by atoms with Crippen LogP contribution < -0.4 is 10.1 Å². The molecule has 0 spiro atoms. The maximum absolute atomic E-state index is 13.6. The van der Waals surface area contributed by atoms with E-state index in [0.29, 0.717) is 12.6 Å². The van der Waals surface area contributed by atoms with Gasteiger partial charge in [-0.3, -0.25) is 0 Å². The van der Waals surface area contributed by atoms with Crippen LogP contribution in [0, 0.1) is 11.6 Å². The van der Waals surface area contributed by atoms with Crippen molar-refractivity contribution in [3.05, 3.63) is 29.8 Å². The van der Waals surface area contributed by atoms with Crippen molar-refractivity contribution >= 4 is 17.7 Å². The van der Waals surface area contributed by atoms with Gasteiger partial charge < -0.3 is 10.1 Å². The number of halogens is 2. The molecule has 0 aliphatic carbocycles. The van der Waals surface area contributed by atoms with Gasteiger partial charge in [-0.05, 0) is 36.9 Å². The Balaban J connectivity index is 2.32. The molecule has 1 N–H and O–H groups in total. The van der Waals surface area contributed by atoms with Gasteiger partial charge in [0.25, 0.3) is 0 Å². The number of nitrogens with one attached hydrogen (secondary N) is 1. The van der Waals surface area contributed by atoms with Crippen molar-refractivity contribution in [3.8, 4) is 6.01 Å². The van der Waals surface area contributed by atoms with Crippen LogP contribution >= 0.6 is 11.8 Å². The Hall–Kier alpha value is -1.96. The van der Waals surface area contributed by atoms with Crippen LogP contribution in [0.3, 0.4) is 0 Å². The topological polar surface area (TPSA) is 59.9 Å². The molecule has 20 heavy (non-hydrogen) atoms. The Morgan fingerprint density at radius 3 is 2.75 bits per heavy atom. The SMILES string of the molecule is CCOc1nc(NC)nc(Sc2cc(F)ccc2F)n1. The summed E-state index contributed by atoms with van der Waals surface area (Å²) in [5, 5.41) is 2.97. The molecule has 5 nitrogen and oxygen atoms in total. The highest BCUT2D eigenvalue weighted by Gasteiger charge is 2.11. The van der Waals surface area contributed by atoms with Crippen LogP contribution in [0.25, 0.3) is 0 Å². The van der Waals surface area contributed by atoms with Crippen molar-refractivity contribution in [2.45, 2.75) is 17.0 Å². The van der Waals surface area contributed by atoms with E-state index >= 15 is 0 Å². The van der Waals surface area contributed by atoms with Gasteiger partial charge in [0, 0.05) is 7.05 Å².